The maximum absolute atomic E-state index is 12.0. The number of nitrogens with two attached hydrogens (primary N) is 1. The first kappa shape index (κ1) is 15.4. The minimum Gasteiger partial charge on any atom is -0.389 e. The minimum absolute atomic E-state index is 0.00416. The third-order valence-electron chi connectivity index (χ3n) is 3.56. The molecule has 5 nitrogen and oxygen atoms in total. The van der Waals surface area contributed by atoms with Crippen LogP contribution >= 0.6 is 12.2 Å². The van der Waals surface area contributed by atoms with Crippen LogP contribution in [-0.2, 0) is 9.59 Å². The summed E-state index contributed by atoms with van der Waals surface area (Å²) in [5.41, 5.74) is 6.89. The molecule has 1 unspecified atom stereocenters. The molecule has 0 saturated carbocycles. The van der Waals surface area contributed by atoms with E-state index in [1.54, 1.807) is 29.2 Å². The maximum atomic E-state index is 12.0. The van der Waals surface area contributed by atoms with Crippen LogP contribution in [0.15, 0.2) is 24.3 Å². The van der Waals surface area contributed by atoms with E-state index in [0.717, 1.165) is 12.8 Å². The highest BCUT2D eigenvalue weighted by Crippen LogP contribution is 2.17. The zero-order valence-electron chi connectivity index (χ0n) is 12.0. The van der Waals surface area contributed by atoms with Gasteiger partial charge in [0.15, 0.2) is 0 Å². The fourth-order valence-electron chi connectivity index (χ4n) is 2.41. The molecule has 1 fully saturated rings. The number of piperidine rings is 1. The average Bonchev–Trinajstić information content (AvgIpc) is 2.44. The smallest absolute Gasteiger partial charge is 0.243 e. The van der Waals surface area contributed by atoms with E-state index in [2.05, 4.69) is 5.32 Å². The van der Waals surface area contributed by atoms with Gasteiger partial charge in [-0.25, -0.2) is 0 Å². The van der Waals surface area contributed by atoms with Gasteiger partial charge in [0, 0.05) is 23.7 Å². The lowest BCUT2D eigenvalue weighted by Gasteiger charge is -2.30. The van der Waals surface area contributed by atoms with Crippen molar-refractivity contribution < 1.29 is 9.59 Å². The van der Waals surface area contributed by atoms with Crippen LogP contribution < -0.4 is 11.1 Å². The quantitative estimate of drug-likeness (QED) is 0.827. The first-order chi connectivity index (χ1) is 9.97. The predicted octanol–water partition coefficient (Wildman–Crippen LogP) is 1.52. The van der Waals surface area contributed by atoms with Crippen molar-refractivity contribution in [2.24, 2.45) is 11.7 Å². The van der Waals surface area contributed by atoms with Gasteiger partial charge in [-0.15, -0.1) is 0 Å². The maximum Gasteiger partial charge on any atom is 0.243 e. The monoisotopic (exact) mass is 305 g/mol. The summed E-state index contributed by atoms with van der Waals surface area (Å²) in [6.07, 6.45) is 1.84. The molecule has 0 bridgehead atoms. The third-order valence-corrected chi connectivity index (χ3v) is 3.80. The lowest BCUT2D eigenvalue weighted by Crippen LogP contribution is -2.44. The molecule has 1 heterocycles. The molecule has 0 aliphatic carbocycles. The number of anilines is 1. The van der Waals surface area contributed by atoms with Crippen molar-refractivity contribution in [3.05, 3.63) is 29.8 Å². The molecule has 1 atom stereocenters. The Morgan fingerprint density at radius 2 is 2.29 bits per heavy atom. The van der Waals surface area contributed by atoms with E-state index in [0.29, 0.717) is 17.8 Å². The van der Waals surface area contributed by atoms with Gasteiger partial charge in [-0.2, -0.15) is 0 Å². The van der Waals surface area contributed by atoms with Gasteiger partial charge in [-0.3, -0.25) is 9.59 Å². The van der Waals surface area contributed by atoms with E-state index in [1.165, 1.54) is 0 Å². The molecule has 1 aromatic rings. The fraction of sp³-hybridized carbons (Fsp3) is 0.400. The first-order valence-corrected chi connectivity index (χ1v) is 7.36. The van der Waals surface area contributed by atoms with E-state index in [4.69, 9.17) is 18.0 Å². The molecule has 6 heteroatoms. The number of carbonyl (C=O) groups is 2. The van der Waals surface area contributed by atoms with E-state index in [1.807, 2.05) is 6.92 Å². The molecule has 0 radical (unpaired) electrons. The molecule has 1 aromatic carbocycles. The predicted molar refractivity (Wildman–Crippen MR) is 85.9 cm³/mol. The number of nitrogens with one attached hydrogen (secondary N) is 1. The van der Waals surface area contributed by atoms with Gasteiger partial charge in [0.2, 0.25) is 11.8 Å². The van der Waals surface area contributed by atoms with E-state index in [9.17, 15) is 9.59 Å². The lowest BCUT2D eigenvalue weighted by atomic mass is 9.99. The molecule has 0 spiro atoms. The fourth-order valence-corrected chi connectivity index (χ4v) is 2.54. The second-order valence-corrected chi connectivity index (χ2v) is 5.74. The summed E-state index contributed by atoms with van der Waals surface area (Å²) in [4.78, 5) is 25.9. The molecule has 3 N–H and O–H groups in total. The molecular formula is C15H19N3O2S. The number of amides is 2. The van der Waals surface area contributed by atoms with Crippen LogP contribution in [0.1, 0.15) is 25.3 Å². The van der Waals surface area contributed by atoms with Gasteiger partial charge in [0.05, 0.1) is 6.54 Å². The van der Waals surface area contributed by atoms with Crippen molar-refractivity contribution in [1.29, 1.82) is 0 Å². The van der Waals surface area contributed by atoms with Crippen molar-refractivity contribution in [1.82, 2.24) is 4.90 Å². The van der Waals surface area contributed by atoms with Crippen LogP contribution in [-0.4, -0.2) is 34.8 Å². The Morgan fingerprint density at radius 1 is 1.52 bits per heavy atom. The molecule has 0 aromatic heterocycles. The minimum atomic E-state index is -0.211. The van der Waals surface area contributed by atoms with Crippen molar-refractivity contribution >= 4 is 34.7 Å². The number of rotatable bonds is 4. The Kier molecular flexibility index (Phi) is 4.90. The van der Waals surface area contributed by atoms with Crippen LogP contribution in [0.25, 0.3) is 0 Å². The number of nitrogens with zero attached hydrogens (tertiary/aromatic N) is 1. The molecule has 2 amide bonds. The molecule has 21 heavy (non-hydrogen) atoms. The molecule has 2 rings (SSSR count). The Labute approximate surface area is 129 Å². The summed E-state index contributed by atoms with van der Waals surface area (Å²) in [7, 11) is 0. The van der Waals surface area contributed by atoms with Crippen molar-refractivity contribution in [3.8, 4) is 0 Å². The summed E-state index contributed by atoms with van der Waals surface area (Å²) in [6, 6.07) is 7.05. The van der Waals surface area contributed by atoms with Crippen LogP contribution in [0.5, 0.6) is 0 Å². The zero-order valence-corrected chi connectivity index (χ0v) is 12.8. The van der Waals surface area contributed by atoms with Gasteiger partial charge in [0.1, 0.15) is 4.99 Å². The van der Waals surface area contributed by atoms with Gasteiger partial charge < -0.3 is 16.0 Å². The lowest BCUT2D eigenvalue weighted by molar-refractivity contribution is -0.140. The van der Waals surface area contributed by atoms with Crippen molar-refractivity contribution in [3.63, 3.8) is 0 Å². The number of likely N-dealkylation sites (tertiary alicyclic amines) is 1. The summed E-state index contributed by atoms with van der Waals surface area (Å²) in [5, 5.41) is 2.77. The number of hydrogen-bond acceptors (Lipinski definition) is 3. The Hall–Kier alpha value is -1.95. The van der Waals surface area contributed by atoms with E-state index >= 15 is 0 Å². The Balaban J connectivity index is 1.97. The second kappa shape index (κ2) is 6.67. The molecular weight excluding hydrogens is 286 g/mol. The van der Waals surface area contributed by atoms with Gasteiger partial charge in [-0.1, -0.05) is 31.3 Å². The highest BCUT2D eigenvalue weighted by molar-refractivity contribution is 7.80. The van der Waals surface area contributed by atoms with Gasteiger partial charge in [-0.05, 0) is 25.0 Å². The van der Waals surface area contributed by atoms with E-state index in [-0.39, 0.29) is 29.3 Å². The number of benzene rings is 1. The van der Waals surface area contributed by atoms with E-state index < -0.39 is 0 Å². The molecule has 1 aliphatic rings. The summed E-state index contributed by atoms with van der Waals surface area (Å²) in [5.74, 6) is -0.157. The highest BCUT2D eigenvalue weighted by atomic mass is 32.1. The average molecular weight is 305 g/mol. The second-order valence-electron chi connectivity index (χ2n) is 5.30. The zero-order chi connectivity index (χ0) is 15.4. The SMILES string of the molecule is CC1CCCN(CC(=O)Nc2cccc(C(N)=S)c2)C1=O. The largest absolute Gasteiger partial charge is 0.389 e. The Bertz CT molecular complexity index is 574. The van der Waals surface area contributed by atoms with Crippen LogP contribution in [0.2, 0.25) is 0 Å². The van der Waals surface area contributed by atoms with Crippen LogP contribution in [0, 0.1) is 5.92 Å². The number of carbonyl (C=O) groups excluding carboxylic acids is 2. The van der Waals surface area contributed by atoms with Crippen molar-refractivity contribution in [2.45, 2.75) is 19.8 Å². The summed E-state index contributed by atoms with van der Waals surface area (Å²) in [6.45, 7) is 2.63. The normalized spacial score (nSPS) is 18.4. The highest BCUT2D eigenvalue weighted by Gasteiger charge is 2.26. The van der Waals surface area contributed by atoms with Crippen molar-refractivity contribution in [2.75, 3.05) is 18.4 Å². The van der Waals surface area contributed by atoms with Crippen LogP contribution in [0.4, 0.5) is 5.69 Å². The van der Waals surface area contributed by atoms with Gasteiger partial charge in [0.25, 0.3) is 0 Å². The van der Waals surface area contributed by atoms with Gasteiger partial charge >= 0.3 is 0 Å². The molecule has 1 saturated heterocycles. The topological polar surface area (TPSA) is 75.4 Å². The standard InChI is InChI=1S/C15H19N3O2S/c1-10-4-3-7-18(15(10)20)9-13(19)17-12-6-2-5-11(8-12)14(16)21/h2,5-6,8,10H,3-4,7,9H2,1H3,(H2,16,21)(H,17,19). The summed E-state index contributed by atoms with van der Waals surface area (Å²) < 4.78 is 0. The third kappa shape index (κ3) is 4.01. The summed E-state index contributed by atoms with van der Waals surface area (Å²) >= 11 is 4.91. The number of thiocarbonyl (C=S) groups is 1. The number of hydrogen-bond donors (Lipinski definition) is 2. The van der Waals surface area contributed by atoms with Crippen LogP contribution in [0.3, 0.4) is 0 Å². The molecule has 1 aliphatic heterocycles. The first-order valence-electron chi connectivity index (χ1n) is 6.96. The Morgan fingerprint density at radius 3 is 3.00 bits per heavy atom. The molecule has 112 valence electrons.